The minimum atomic E-state index is 0.500. The molecular weight excluding hydrogens is 1130 g/mol. The maximum atomic E-state index is 6.21. The Bertz CT molecular complexity index is 2840. The van der Waals surface area contributed by atoms with Gasteiger partial charge < -0.3 is 28.4 Å². The number of thiol groups is 4. The molecule has 15 heteroatoms. The van der Waals surface area contributed by atoms with E-state index in [0.717, 1.165) is 103 Å². The van der Waals surface area contributed by atoms with Crippen LogP contribution in [-0.4, -0.2) is 42.7 Å². The van der Waals surface area contributed by atoms with Crippen LogP contribution in [0.25, 0.3) is 0 Å². The van der Waals surface area contributed by atoms with E-state index in [9.17, 15) is 0 Å². The molecule has 0 atom stereocenters. The molecule has 6 aromatic rings. The lowest BCUT2D eigenvalue weighted by Crippen LogP contribution is -1.98. The van der Waals surface area contributed by atoms with Gasteiger partial charge in [-0.25, -0.2) is 0 Å². The Morgan fingerprint density at radius 3 is 0.922 bits per heavy atom. The van der Waals surface area contributed by atoms with Crippen LogP contribution in [0.1, 0.15) is 115 Å². The summed E-state index contributed by atoms with van der Waals surface area (Å²) in [5.74, 6) is 16.0. The summed E-state index contributed by atoms with van der Waals surface area (Å²) in [6, 6.07) is 26.4. The molecule has 6 nitrogen and oxygen atoms in total. The third kappa shape index (κ3) is 19.5. The van der Waals surface area contributed by atoms with Crippen LogP contribution < -0.4 is 28.4 Å². The Hall–Kier alpha value is -2.73. The summed E-state index contributed by atoms with van der Waals surface area (Å²) in [6.07, 6.45) is 0. The lowest BCUT2D eigenvalue weighted by molar-refractivity contribution is 0.410. The average molecular weight is 1210 g/mol. The van der Waals surface area contributed by atoms with Gasteiger partial charge in [-0.1, -0.05) is 71.8 Å². The van der Waals surface area contributed by atoms with Gasteiger partial charge in [-0.3, -0.25) is 0 Å². The van der Waals surface area contributed by atoms with Crippen LogP contribution in [0, 0.1) is 41.5 Å². The summed E-state index contributed by atoms with van der Waals surface area (Å²) in [6.45, 7) is 15.3. The predicted octanol–water partition coefficient (Wildman–Crippen LogP) is 18.4. The van der Waals surface area contributed by atoms with Gasteiger partial charge in [0, 0.05) is 104 Å². The van der Waals surface area contributed by atoms with Crippen LogP contribution in [0.15, 0.2) is 72.8 Å². The van der Waals surface area contributed by atoms with E-state index in [4.69, 9.17) is 29.8 Å². The summed E-state index contributed by atoms with van der Waals surface area (Å²) in [7, 11) is 14.2. The molecule has 0 aliphatic carbocycles. The Kier molecular flexibility index (Phi) is 29.8. The molecule has 420 valence electrons. The van der Waals surface area contributed by atoms with Crippen molar-refractivity contribution in [2.45, 2.75) is 124 Å². The average Bonchev–Trinajstić information content (AvgIpc) is 3.44. The predicted molar refractivity (Wildman–Crippen MR) is 356 cm³/mol. The summed E-state index contributed by atoms with van der Waals surface area (Å²) in [5.41, 5.74) is 22.8. The number of methoxy groups -OCH3 is 6. The Balaban J connectivity index is 0.000000271. The van der Waals surface area contributed by atoms with Crippen molar-refractivity contribution in [3.8, 4) is 34.5 Å². The molecule has 0 N–H and O–H groups in total. The van der Waals surface area contributed by atoms with Gasteiger partial charge in [0.05, 0.1) is 42.7 Å². The van der Waals surface area contributed by atoms with Crippen LogP contribution in [0.3, 0.4) is 0 Å². The van der Waals surface area contributed by atoms with Crippen molar-refractivity contribution in [1.82, 2.24) is 0 Å². The SMILES string of the molecule is COc1cc(CS)c(C)cc1CS.COc1cc(CSSCc2cc(C)c(CS)cc2OC)c(C)cc1CS.COc1cc2c(C)cc1CSCc1cc(OC)c(cc1C)CSCc1cc(C)c(cc1OC)CSC2.[2H]CC. The van der Waals surface area contributed by atoms with Crippen molar-refractivity contribution in [2.24, 2.45) is 0 Å². The van der Waals surface area contributed by atoms with Crippen molar-refractivity contribution >= 4 is 107 Å². The van der Waals surface area contributed by atoms with Crippen molar-refractivity contribution in [3.63, 3.8) is 0 Å². The first-order valence-electron chi connectivity index (χ1n) is 26.0. The lowest BCUT2D eigenvalue weighted by Gasteiger charge is -2.15. The minimum Gasteiger partial charge on any atom is -0.496 e. The molecule has 0 spiro atoms. The maximum absolute atomic E-state index is 6.21. The van der Waals surface area contributed by atoms with E-state index in [0.29, 0.717) is 18.4 Å². The van der Waals surface area contributed by atoms with Gasteiger partial charge in [-0.05, 0) is 145 Å². The molecule has 0 amide bonds. The first kappa shape index (κ1) is 65.1. The van der Waals surface area contributed by atoms with E-state index in [1.165, 1.54) is 89.0 Å². The summed E-state index contributed by atoms with van der Waals surface area (Å²) in [4.78, 5) is 0. The maximum Gasteiger partial charge on any atom is 0.123 e. The molecule has 6 aliphatic rings. The zero-order valence-electron chi connectivity index (χ0n) is 48.4. The molecule has 6 bridgehead atoms. The van der Waals surface area contributed by atoms with E-state index < -0.39 is 0 Å². The van der Waals surface area contributed by atoms with Crippen LogP contribution in [0.5, 0.6) is 34.5 Å². The highest BCUT2D eigenvalue weighted by Gasteiger charge is 2.16. The largest absolute Gasteiger partial charge is 0.496 e. The highest BCUT2D eigenvalue weighted by molar-refractivity contribution is 8.76. The number of aryl methyl sites for hydroxylation is 6. The molecule has 0 saturated carbocycles. The third-order valence-electron chi connectivity index (χ3n) is 13.2. The second kappa shape index (κ2) is 35.2. The van der Waals surface area contributed by atoms with Gasteiger partial charge in [-0.2, -0.15) is 85.8 Å². The number of thioether (sulfide) groups is 3. The highest BCUT2D eigenvalue weighted by Crippen LogP contribution is 2.39. The Morgan fingerprint density at radius 1 is 0.351 bits per heavy atom. The first-order valence-corrected chi connectivity index (χ1v) is 33.8. The highest BCUT2D eigenvalue weighted by atomic mass is 33.1. The van der Waals surface area contributed by atoms with Crippen molar-refractivity contribution in [2.75, 3.05) is 42.7 Å². The zero-order chi connectivity index (χ0) is 57.3. The fourth-order valence-corrected chi connectivity index (χ4v) is 15.2. The second-order valence-corrected chi connectivity index (χ2v) is 24.9. The van der Waals surface area contributed by atoms with Crippen LogP contribution in [0.4, 0.5) is 0 Å². The topological polar surface area (TPSA) is 55.4 Å². The Labute approximate surface area is 507 Å². The fraction of sp³-hybridized carbons (Fsp3) is 0.419. The molecule has 6 aromatic carbocycles. The third-order valence-corrected chi connectivity index (χ3v) is 19.9. The molecule has 6 aliphatic heterocycles. The monoisotopic (exact) mass is 1210 g/mol. The normalized spacial score (nSPS) is 12.4. The number of hydrogen-bond acceptors (Lipinski definition) is 15. The number of ether oxygens (including phenoxy) is 6. The van der Waals surface area contributed by atoms with E-state index in [1.807, 2.05) is 62.9 Å². The standard InChI is InChI=1S/C30H36O3S3.C20H26O2S4.C10H14OS2.C2H6/c1-19-7-25-16-35-15-24-12-30(33-6)27(9-21(24)3)18-36-17-26-8-20(2)23(11-29(26)32-5)14-34-13-22(19)10-28(25)31-4;1-13-6-18(20(22-4)7-15(13)9-23)12-26-25-11-17-8-19(21-3)16(10-24)5-14(17)2;1-7-3-9(6-13)10(11-2)4-8(7)5-12;1-2/h7-12H,13-18H2,1-6H3;5-8,23-24H,9-12H2,1-4H3;3-4,12-13H,5-6H2,1-2H3;1-2H3/i;;;1D. The molecule has 6 heterocycles. The first-order chi connectivity index (χ1) is 37.6. The molecule has 12 rings (SSSR count). The van der Waals surface area contributed by atoms with E-state index in [1.54, 1.807) is 49.6 Å². The van der Waals surface area contributed by atoms with Crippen molar-refractivity contribution in [1.29, 1.82) is 0 Å². The molecule has 0 radical (unpaired) electrons. The minimum absolute atomic E-state index is 0.500. The summed E-state index contributed by atoms with van der Waals surface area (Å²) in [5, 5.41) is 0. The smallest absolute Gasteiger partial charge is 0.123 e. The van der Waals surface area contributed by atoms with Gasteiger partial charge in [0.15, 0.2) is 0 Å². The van der Waals surface area contributed by atoms with E-state index in [2.05, 4.69) is 159 Å². The fourth-order valence-electron chi connectivity index (χ4n) is 8.56. The summed E-state index contributed by atoms with van der Waals surface area (Å²) >= 11 is 23.0. The number of rotatable bonds is 15. The molecular formula is C62H82O6S9. The zero-order valence-corrected chi connectivity index (χ0v) is 55.1. The van der Waals surface area contributed by atoms with E-state index >= 15 is 0 Å². The van der Waals surface area contributed by atoms with Gasteiger partial charge >= 0.3 is 0 Å². The van der Waals surface area contributed by atoms with Crippen molar-refractivity contribution in [3.05, 3.63) is 173 Å². The van der Waals surface area contributed by atoms with Gasteiger partial charge in [0.1, 0.15) is 34.5 Å². The molecule has 0 aromatic heterocycles. The van der Waals surface area contributed by atoms with Crippen LogP contribution in [0.2, 0.25) is 0 Å². The molecule has 0 unspecified atom stereocenters. The quantitative estimate of drug-likeness (QED) is 0.0452. The molecule has 0 fully saturated rings. The second-order valence-electron chi connectivity index (χ2n) is 18.2. The number of benzene rings is 6. The van der Waals surface area contributed by atoms with Gasteiger partial charge in [-0.15, -0.1) is 0 Å². The van der Waals surface area contributed by atoms with Gasteiger partial charge in [0.25, 0.3) is 0 Å². The Morgan fingerprint density at radius 2 is 0.610 bits per heavy atom. The molecule has 77 heavy (non-hydrogen) atoms. The summed E-state index contributed by atoms with van der Waals surface area (Å²) < 4.78 is 39.9. The lowest BCUT2D eigenvalue weighted by atomic mass is 10.1. The molecule has 0 saturated heterocycles. The number of hydrogen-bond donors (Lipinski definition) is 4. The van der Waals surface area contributed by atoms with E-state index in [-0.39, 0.29) is 0 Å². The van der Waals surface area contributed by atoms with Gasteiger partial charge in [0.2, 0.25) is 0 Å². The van der Waals surface area contributed by atoms with Crippen molar-refractivity contribution < 1.29 is 29.8 Å². The van der Waals surface area contributed by atoms with Crippen LogP contribution >= 0.6 is 107 Å². The van der Waals surface area contributed by atoms with Crippen LogP contribution in [-0.2, 0) is 69.0 Å².